The number of aliphatic carboxylic acids is 2. The molecule has 0 rings (SSSR count). The van der Waals surface area contributed by atoms with E-state index >= 15 is 0 Å². The van der Waals surface area contributed by atoms with Crippen molar-refractivity contribution in [3.63, 3.8) is 0 Å². The molecule has 0 aliphatic rings. The first-order valence-electron chi connectivity index (χ1n) is 10.4. The summed E-state index contributed by atoms with van der Waals surface area (Å²) in [5.74, 6) is -4.31. The number of carbonyl (C=O) groups excluding carboxylic acids is 3. The molecule has 0 aliphatic carbocycles. The average molecular weight is 477 g/mol. The van der Waals surface area contributed by atoms with E-state index in [1.54, 1.807) is 27.7 Å². The summed E-state index contributed by atoms with van der Waals surface area (Å²) in [5, 5.41) is 25.5. The van der Waals surface area contributed by atoms with Crippen LogP contribution in [0, 0.1) is 11.8 Å². The van der Waals surface area contributed by atoms with Crippen LogP contribution < -0.4 is 21.7 Å². The summed E-state index contributed by atoms with van der Waals surface area (Å²) in [6, 6.07) is -4.21. The summed E-state index contributed by atoms with van der Waals surface area (Å²) < 4.78 is 0. The highest BCUT2D eigenvalue weighted by molar-refractivity contribution is 7.98. The first kappa shape index (κ1) is 29.7. The maximum atomic E-state index is 12.9. The SMILES string of the molecule is CSCCC(NC(=O)C(NC(=O)C(N)C(C)C)C(C)C)C(=O)NC(CCC(=O)O)C(=O)O. The van der Waals surface area contributed by atoms with E-state index < -0.39 is 60.2 Å². The Morgan fingerprint density at radius 3 is 1.81 bits per heavy atom. The van der Waals surface area contributed by atoms with Gasteiger partial charge in [0.25, 0.3) is 0 Å². The summed E-state index contributed by atoms with van der Waals surface area (Å²) in [5.41, 5.74) is 5.85. The Labute approximate surface area is 192 Å². The summed E-state index contributed by atoms with van der Waals surface area (Å²) >= 11 is 1.43. The normalized spacial score (nSPS) is 14.9. The van der Waals surface area contributed by atoms with Gasteiger partial charge in [-0.3, -0.25) is 19.2 Å². The second-order valence-corrected chi connectivity index (χ2v) is 9.16. The van der Waals surface area contributed by atoms with Crippen LogP contribution in [-0.2, 0) is 24.0 Å². The van der Waals surface area contributed by atoms with Crippen molar-refractivity contribution in [3.05, 3.63) is 0 Å². The molecule has 0 saturated carbocycles. The predicted octanol–water partition coefficient (Wildman–Crippen LogP) is -0.217. The summed E-state index contributed by atoms with van der Waals surface area (Å²) in [7, 11) is 0. The molecule has 0 aromatic rings. The Morgan fingerprint density at radius 2 is 1.38 bits per heavy atom. The summed E-state index contributed by atoms with van der Waals surface area (Å²) in [4.78, 5) is 60.0. The number of hydrogen-bond donors (Lipinski definition) is 6. The van der Waals surface area contributed by atoms with E-state index in [2.05, 4.69) is 16.0 Å². The third kappa shape index (κ3) is 10.8. The fourth-order valence-corrected chi connectivity index (χ4v) is 3.12. The van der Waals surface area contributed by atoms with Gasteiger partial charge in [-0.05, 0) is 36.7 Å². The van der Waals surface area contributed by atoms with Crippen LogP contribution in [0.1, 0.15) is 47.0 Å². The number of carbonyl (C=O) groups is 5. The first-order chi connectivity index (χ1) is 14.8. The zero-order valence-corrected chi connectivity index (χ0v) is 20.0. The van der Waals surface area contributed by atoms with E-state index in [1.807, 2.05) is 6.26 Å². The van der Waals surface area contributed by atoms with Crippen molar-refractivity contribution in [2.45, 2.75) is 71.1 Å². The first-order valence-corrected chi connectivity index (χ1v) is 11.8. The molecule has 0 aliphatic heterocycles. The number of nitrogens with two attached hydrogens (primary N) is 1. The molecular formula is C20H36N4O7S. The van der Waals surface area contributed by atoms with Gasteiger partial charge in [-0.25, -0.2) is 4.79 Å². The van der Waals surface area contributed by atoms with Crippen LogP contribution in [0.5, 0.6) is 0 Å². The monoisotopic (exact) mass is 476 g/mol. The molecule has 0 aromatic heterocycles. The summed E-state index contributed by atoms with van der Waals surface area (Å²) in [6.07, 6.45) is 1.30. The van der Waals surface area contributed by atoms with Crippen LogP contribution >= 0.6 is 11.8 Å². The van der Waals surface area contributed by atoms with E-state index in [-0.39, 0.29) is 24.7 Å². The molecule has 0 radical (unpaired) electrons. The lowest BCUT2D eigenvalue weighted by Gasteiger charge is -2.27. The zero-order valence-electron chi connectivity index (χ0n) is 19.2. The third-order valence-corrected chi connectivity index (χ3v) is 5.42. The number of nitrogens with one attached hydrogen (secondary N) is 3. The lowest BCUT2D eigenvalue weighted by Crippen LogP contribution is -2.59. The number of amides is 3. The van der Waals surface area contributed by atoms with Crippen molar-refractivity contribution in [1.82, 2.24) is 16.0 Å². The summed E-state index contributed by atoms with van der Waals surface area (Å²) in [6.45, 7) is 7.02. The van der Waals surface area contributed by atoms with Crippen LogP contribution in [0.25, 0.3) is 0 Å². The number of rotatable bonds is 15. The van der Waals surface area contributed by atoms with Gasteiger partial charge in [-0.2, -0.15) is 11.8 Å². The molecule has 3 amide bonds. The molecule has 0 aromatic carbocycles. The van der Waals surface area contributed by atoms with Gasteiger partial charge < -0.3 is 31.9 Å². The Hall–Kier alpha value is -2.34. The van der Waals surface area contributed by atoms with Gasteiger partial charge in [0.1, 0.15) is 18.1 Å². The fourth-order valence-electron chi connectivity index (χ4n) is 2.65. The predicted molar refractivity (Wildman–Crippen MR) is 121 cm³/mol. The smallest absolute Gasteiger partial charge is 0.326 e. The van der Waals surface area contributed by atoms with Crippen molar-refractivity contribution in [1.29, 1.82) is 0 Å². The number of thioether (sulfide) groups is 1. The van der Waals surface area contributed by atoms with Gasteiger partial charge in [0.15, 0.2) is 0 Å². The van der Waals surface area contributed by atoms with Crippen molar-refractivity contribution in [2.75, 3.05) is 12.0 Å². The highest BCUT2D eigenvalue weighted by atomic mass is 32.2. The second-order valence-electron chi connectivity index (χ2n) is 8.17. The number of carboxylic acid groups (broad SMARTS) is 2. The Kier molecular flexibility index (Phi) is 13.6. The van der Waals surface area contributed by atoms with Crippen molar-refractivity contribution in [2.24, 2.45) is 17.6 Å². The van der Waals surface area contributed by atoms with Gasteiger partial charge in [0, 0.05) is 6.42 Å². The van der Waals surface area contributed by atoms with Gasteiger partial charge in [0.05, 0.1) is 6.04 Å². The van der Waals surface area contributed by atoms with Crippen LogP contribution in [0.4, 0.5) is 0 Å². The highest BCUT2D eigenvalue weighted by Gasteiger charge is 2.32. The lowest BCUT2D eigenvalue weighted by atomic mass is 10.00. The van der Waals surface area contributed by atoms with E-state index in [0.29, 0.717) is 5.75 Å². The van der Waals surface area contributed by atoms with E-state index in [0.717, 1.165) is 0 Å². The van der Waals surface area contributed by atoms with Crippen LogP contribution in [0.2, 0.25) is 0 Å². The molecule has 32 heavy (non-hydrogen) atoms. The lowest BCUT2D eigenvalue weighted by molar-refractivity contribution is -0.143. The molecular weight excluding hydrogens is 440 g/mol. The molecule has 4 unspecified atom stereocenters. The Bertz CT molecular complexity index is 672. The van der Waals surface area contributed by atoms with Crippen molar-refractivity contribution < 1.29 is 34.2 Å². The second kappa shape index (κ2) is 14.7. The molecule has 11 nitrogen and oxygen atoms in total. The molecule has 0 saturated heterocycles. The van der Waals surface area contributed by atoms with Crippen molar-refractivity contribution in [3.8, 4) is 0 Å². The van der Waals surface area contributed by atoms with E-state index in [9.17, 15) is 29.1 Å². The minimum absolute atomic E-state index is 0.135. The van der Waals surface area contributed by atoms with Crippen LogP contribution in [0.15, 0.2) is 0 Å². The molecule has 0 fully saturated rings. The van der Waals surface area contributed by atoms with Gasteiger partial charge >= 0.3 is 11.9 Å². The van der Waals surface area contributed by atoms with Crippen LogP contribution in [0.3, 0.4) is 0 Å². The topological polar surface area (TPSA) is 188 Å². The number of hydrogen-bond acceptors (Lipinski definition) is 7. The Balaban J connectivity index is 5.40. The van der Waals surface area contributed by atoms with Gasteiger partial charge in [0.2, 0.25) is 17.7 Å². The Morgan fingerprint density at radius 1 is 0.812 bits per heavy atom. The average Bonchev–Trinajstić information content (AvgIpc) is 2.70. The molecule has 12 heteroatoms. The van der Waals surface area contributed by atoms with E-state index in [1.165, 1.54) is 11.8 Å². The van der Waals surface area contributed by atoms with Gasteiger partial charge in [-0.1, -0.05) is 27.7 Å². The quantitative estimate of drug-likeness (QED) is 0.186. The zero-order chi connectivity index (χ0) is 25.0. The van der Waals surface area contributed by atoms with Crippen LogP contribution in [-0.4, -0.2) is 76.0 Å². The number of carboxylic acids is 2. The molecule has 0 bridgehead atoms. The molecule has 184 valence electrons. The van der Waals surface area contributed by atoms with E-state index in [4.69, 9.17) is 10.8 Å². The maximum absolute atomic E-state index is 12.9. The molecule has 7 N–H and O–H groups in total. The minimum atomic E-state index is -1.41. The van der Waals surface area contributed by atoms with Gasteiger partial charge in [-0.15, -0.1) is 0 Å². The largest absolute Gasteiger partial charge is 0.481 e. The molecule has 0 heterocycles. The highest BCUT2D eigenvalue weighted by Crippen LogP contribution is 2.08. The molecule has 4 atom stereocenters. The third-order valence-electron chi connectivity index (χ3n) is 4.77. The molecule has 0 spiro atoms. The standard InChI is InChI=1S/C20H36N4O7S/c1-10(2)15(21)18(28)24-16(11(3)4)19(29)22-12(8-9-32-5)17(27)23-13(20(30)31)6-7-14(25)26/h10-13,15-16H,6-9,21H2,1-5H3,(H,22,29)(H,23,27)(H,24,28)(H,25,26)(H,30,31). The maximum Gasteiger partial charge on any atom is 0.326 e. The minimum Gasteiger partial charge on any atom is -0.481 e. The van der Waals surface area contributed by atoms with Crippen molar-refractivity contribution >= 4 is 41.4 Å². The fraction of sp³-hybridized carbons (Fsp3) is 0.750.